The van der Waals surface area contributed by atoms with Gasteiger partial charge in [0.15, 0.2) is 11.5 Å². The molecule has 0 saturated carbocycles. The Morgan fingerprint density at radius 1 is 1.11 bits per heavy atom. The van der Waals surface area contributed by atoms with Gasteiger partial charge in [-0.3, -0.25) is 4.79 Å². The lowest BCUT2D eigenvalue weighted by molar-refractivity contribution is 0.0696. The largest absolute Gasteiger partial charge is 0.493 e. The summed E-state index contributed by atoms with van der Waals surface area (Å²) in [6, 6.07) is 15.1. The van der Waals surface area contributed by atoms with Gasteiger partial charge in [-0.25, -0.2) is 10.2 Å². The second-order valence-corrected chi connectivity index (χ2v) is 6.73. The van der Waals surface area contributed by atoms with Crippen molar-refractivity contribution in [2.24, 2.45) is 5.10 Å². The van der Waals surface area contributed by atoms with Crippen LogP contribution in [-0.4, -0.2) is 25.2 Å². The predicted octanol–water partition coefficient (Wildman–Crippen LogP) is 3.88. The summed E-state index contributed by atoms with van der Waals surface area (Å²) in [6.45, 7) is 0. The number of furan rings is 1. The molecule has 8 heteroatoms. The van der Waals surface area contributed by atoms with Gasteiger partial charge in [0, 0.05) is 9.13 Å². The van der Waals surface area contributed by atoms with Crippen LogP contribution in [0.5, 0.6) is 11.5 Å². The molecule has 0 aliphatic rings. The highest BCUT2D eigenvalue weighted by molar-refractivity contribution is 14.1. The first-order valence-corrected chi connectivity index (χ1v) is 9.17. The van der Waals surface area contributed by atoms with Crippen molar-refractivity contribution in [2.75, 3.05) is 7.11 Å². The van der Waals surface area contributed by atoms with Crippen LogP contribution >= 0.6 is 22.6 Å². The number of hydrogen-bond acceptors (Lipinski definition) is 6. The summed E-state index contributed by atoms with van der Waals surface area (Å²) in [4.78, 5) is 24.1. The molecule has 0 atom stereocenters. The van der Waals surface area contributed by atoms with Crippen molar-refractivity contribution in [3.8, 4) is 11.5 Å². The van der Waals surface area contributed by atoms with Crippen LogP contribution in [0.15, 0.2) is 70.4 Å². The van der Waals surface area contributed by atoms with E-state index in [0.29, 0.717) is 16.9 Å². The molecule has 0 bridgehead atoms. The van der Waals surface area contributed by atoms with Gasteiger partial charge in [-0.1, -0.05) is 6.07 Å². The van der Waals surface area contributed by atoms with E-state index in [0.717, 1.165) is 3.57 Å². The minimum absolute atomic E-state index is 0.0889. The Bertz CT molecular complexity index is 1020. The van der Waals surface area contributed by atoms with E-state index < -0.39 is 5.97 Å². The third-order valence-electron chi connectivity index (χ3n) is 3.58. The first-order chi connectivity index (χ1) is 13.6. The Morgan fingerprint density at radius 2 is 1.96 bits per heavy atom. The van der Waals surface area contributed by atoms with Crippen molar-refractivity contribution in [3.05, 3.63) is 81.3 Å². The molecule has 1 amide bonds. The molecule has 0 unspecified atom stereocenters. The van der Waals surface area contributed by atoms with Crippen LogP contribution in [0.1, 0.15) is 26.5 Å². The zero-order valence-corrected chi connectivity index (χ0v) is 16.9. The fourth-order valence-electron chi connectivity index (χ4n) is 2.25. The molecule has 3 rings (SSSR count). The van der Waals surface area contributed by atoms with Gasteiger partial charge in [-0.05, 0) is 76.7 Å². The van der Waals surface area contributed by atoms with Gasteiger partial charge >= 0.3 is 5.97 Å². The topological polar surface area (TPSA) is 90.1 Å². The van der Waals surface area contributed by atoms with Gasteiger partial charge in [-0.2, -0.15) is 5.10 Å². The van der Waals surface area contributed by atoms with Gasteiger partial charge in [0.2, 0.25) is 5.76 Å². The highest BCUT2D eigenvalue weighted by Crippen LogP contribution is 2.28. The Balaban J connectivity index is 1.67. The molecule has 0 aliphatic heterocycles. The van der Waals surface area contributed by atoms with E-state index in [-0.39, 0.29) is 17.4 Å². The molecule has 0 spiro atoms. The maximum absolute atomic E-state index is 12.1. The second kappa shape index (κ2) is 9.18. The van der Waals surface area contributed by atoms with Crippen LogP contribution in [0, 0.1) is 3.57 Å². The van der Waals surface area contributed by atoms with Crippen molar-refractivity contribution in [1.82, 2.24) is 5.43 Å². The van der Waals surface area contributed by atoms with E-state index in [4.69, 9.17) is 13.9 Å². The van der Waals surface area contributed by atoms with E-state index in [2.05, 4.69) is 33.1 Å². The molecule has 1 aromatic heterocycles. The maximum atomic E-state index is 12.1. The molecule has 7 nitrogen and oxygen atoms in total. The SMILES string of the molecule is COc1cc(/C=N\NC(=O)c2cccc(I)c2)ccc1OC(=O)c1ccco1. The van der Waals surface area contributed by atoms with Crippen LogP contribution in [0.3, 0.4) is 0 Å². The smallest absolute Gasteiger partial charge is 0.379 e. The fraction of sp³-hybridized carbons (Fsp3) is 0.0500. The van der Waals surface area contributed by atoms with Crippen LogP contribution < -0.4 is 14.9 Å². The summed E-state index contributed by atoms with van der Waals surface area (Å²) in [5.74, 6) is -0.275. The summed E-state index contributed by atoms with van der Waals surface area (Å²) >= 11 is 2.13. The van der Waals surface area contributed by atoms with Crippen molar-refractivity contribution < 1.29 is 23.5 Å². The number of halogens is 1. The average Bonchev–Trinajstić information content (AvgIpc) is 3.24. The zero-order chi connectivity index (χ0) is 19.9. The zero-order valence-electron chi connectivity index (χ0n) is 14.7. The number of methoxy groups -OCH3 is 1. The maximum Gasteiger partial charge on any atom is 0.379 e. The predicted molar refractivity (Wildman–Crippen MR) is 111 cm³/mol. The van der Waals surface area contributed by atoms with Crippen LogP contribution in [-0.2, 0) is 0 Å². The molecule has 0 fully saturated rings. The van der Waals surface area contributed by atoms with Crippen molar-refractivity contribution in [2.45, 2.75) is 0 Å². The molecule has 0 saturated heterocycles. The lowest BCUT2D eigenvalue weighted by Gasteiger charge is -2.09. The number of ether oxygens (including phenoxy) is 2. The Kier molecular flexibility index (Phi) is 6.43. The Labute approximate surface area is 174 Å². The monoisotopic (exact) mass is 490 g/mol. The Hall–Kier alpha value is -3.14. The minimum atomic E-state index is -0.630. The number of hydrogen-bond donors (Lipinski definition) is 1. The molecular weight excluding hydrogens is 475 g/mol. The van der Waals surface area contributed by atoms with Gasteiger partial charge in [0.25, 0.3) is 5.91 Å². The van der Waals surface area contributed by atoms with E-state index in [1.165, 1.54) is 25.7 Å². The van der Waals surface area contributed by atoms with Crippen molar-refractivity contribution in [3.63, 3.8) is 0 Å². The number of carbonyl (C=O) groups is 2. The molecule has 1 heterocycles. The lowest BCUT2D eigenvalue weighted by atomic mass is 10.2. The molecule has 28 heavy (non-hydrogen) atoms. The highest BCUT2D eigenvalue weighted by atomic mass is 127. The van der Waals surface area contributed by atoms with Crippen LogP contribution in [0.4, 0.5) is 0 Å². The molecule has 0 radical (unpaired) electrons. The summed E-state index contributed by atoms with van der Waals surface area (Å²) < 4.78 is 16.5. The van der Waals surface area contributed by atoms with Gasteiger partial charge in [-0.15, -0.1) is 0 Å². The quantitative estimate of drug-likeness (QED) is 0.186. The number of amides is 1. The number of nitrogens with zero attached hydrogens (tertiary/aromatic N) is 1. The highest BCUT2D eigenvalue weighted by Gasteiger charge is 2.14. The standard InChI is InChI=1S/C20H15IN2O5/c1-26-18-10-13(7-8-16(18)28-20(25)17-6-3-9-27-17)12-22-23-19(24)14-4-2-5-15(21)11-14/h2-12H,1H3,(H,23,24)/b22-12-. The van der Waals surface area contributed by atoms with Crippen LogP contribution in [0.2, 0.25) is 0 Å². The third kappa shape index (κ3) is 4.97. The number of esters is 1. The van der Waals surface area contributed by atoms with E-state index >= 15 is 0 Å². The fourth-order valence-corrected chi connectivity index (χ4v) is 2.80. The molecule has 2 aromatic carbocycles. The number of benzene rings is 2. The molecule has 142 valence electrons. The molecular formula is C20H15IN2O5. The van der Waals surface area contributed by atoms with Gasteiger partial charge < -0.3 is 13.9 Å². The summed E-state index contributed by atoms with van der Waals surface area (Å²) in [5.41, 5.74) is 3.63. The van der Waals surface area contributed by atoms with Crippen molar-refractivity contribution >= 4 is 40.7 Å². The number of carbonyl (C=O) groups excluding carboxylic acids is 2. The molecule has 0 aliphatic carbocycles. The first-order valence-electron chi connectivity index (χ1n) is 8.09. The minimum Gasteiger partial charge on any atom is -0.493 e. The summed E-state index contributed by atoms with van der Waals surface area (Å²) in [6.07, 6.45) is 2.85. The first kappa shape index (κ1) is 19.6. The third-order valence-corrected chi connectivity index (χ3v) is 4.25. The summed E-state index contributed by atoms with van der Waals surface area (Å²) in [5, 5.41) is 3.95. The van der Waals surface area contributed by atoms with E-state index in [1.54, 1.807) is 42.5 Å². The number of nitrogens with one attached hydrogen (secondary N) is 1. The number of rotatable bonds is 6. The molecule has 1 N–H and O–H groups in total. The van der Waals surface area contributed by atoms with E-state index in [9.17, 15) is 9.59 Å². The number of hydrazone groups is 1. The lowest BCUT2D eigenvalue weighted by Crippen LogP contribution is -2.17. The average molecular weight is 490 g/mol. The molecule has 3 aromatic rings. The van der Waals surface area contributed by atoms with Crippen molar-refractivity contribution in [1.29, 1.82) is 0 Å². The Morgan fingerprint density at radius 3 is 2.68 bits per heavy atom. The summed E-state index contributed by atoms with van der Waals surface area (Å²) in [7, 11) is 1.46. The second-order valence-electron chi connectivity index (χ2n) is 5.49. The normalized spacial score (nSPS) is 10.6. The van der Waals surface area contributed by atoms with E-state index in [1.807, 2.05) is 6.07 Å². The van der Waals surface area contributed by atoms with Gasteiger partial charge in [0.05, 0.1) is 19.6 Å². The van der Waals surface area contributed by atoms with Crippen LogP contribution in [0.25, 0.3) is 0 Å². The van der Waals surface area contributed by atoms with Gasteiger partial charge in [0.1, 0.15) is 0 Å².